The highest BCUT2D eigenvalue weighted by Crippen LogP contribution is 2.43. The van der Waals surface area contributed by atoms with Gasteiger partial charge in [0.2, 0.25) is 0 Å². The van der Waals surface area contributed by atoms with Crippen molar-refractivity contribution in [3.8, 4) is 0 Å². The number of para-hydroxylation sites is 1. The highest BCUT2D eigenvalue weighted by atomic mass is 16.5. The highest BCUT2D eigenvalue weighted by Gasteiger charge is 2.43. The molecule has 1 saturated heterocycles. The average Bonchev–Trinajstić information content (AvgIpc) is 3.38. The summed E-state index contributed by atoms with van der Waals surface area (Å²) in [5, 5.41) is 10.6. The van der Waals surface area contributed by atoms with E-state index in [1.807, 2.05) is 39.0 Å². The maximum atomic E-state index is 13.8. The van der Waals surface area contributed by atoms with Crippen LogP contribution in [0.25, 0.3) is 10.9 Å². The van der Waals surface area contributed by atoms with E-state index in [0.29, 0.717) is 11.1 Å². The third kappa shape index (κ3) is 8.27. The molecule has 8 heteroatoms. The lowest BCUT2D eigenvalue weighted by molar-refractivity contribution is -0.146. The molecule has 0 bridgehead atoms. The number of carboxylic acids is 1. The number of Topliss-reactive ketones (excluding diaryl/α,β-unsaturated/α-hetero) is 1. The Kier molecular flexibility index (Phi) is 12.4. The van der Waals surface area contributed by atoms with Crippen LogP contribution < -0.4 is 5.73 Å². The van der Waals surface area contributed by atoms with E-state index in [-0.39, 0.29) is 36.3 Å². The standard InChI is InChI=1S/C38H53N3O5/c1-10-16-26(4)34(38(9,33(42)11-2)28(6)46-24-25(3)21-37(7,8)36(43)44)35(39)40-27(5)31-23-41(22-29-17-14-15-20-45-29)32-19-13-12-18-30(31)32/h12-13,16,18-19,23-24,29H,6,10-11,14-15,17,20-22,39H2,1-5,7-9H3,(H,43,44)/b25-24+,26-16+,35-34+,40-27?. The summed E-state index contributed by atoms with van der Waals surface area (Å²) in [5.41, 5.74) is 9.45. The van der Waals surface area contributed by atoms with Crippen LogP contribution >= 0.6 is 0 Å². The number of carbonyl (C=O) groups is 2. The number of nitrogens with two attached hydrogens (primary N) is 1. The number of carbonyl (C=O) groups excluding carboxylic acids is 1. The molecule has 3 N–H and O–H groups in total. The third-order valence-electron chi connectivity index (χ3n) is 8.94. The van der Waals surface area contributed by atoms with Gasteiger partial charge in [0.15, 0.2) is 5.78 Å². The largest absolute Gasteiger partial charge is 0.481 e. The van der Waals surface area contributed by atoms with Gasteiger partial charge in [-0.1, -0.05) is 44.7 Å². The third-order valence-corrected chi connectivity index (χ3v) is 8.94. The predicted octanol–water partition coefficient (Wildman–Crippen LogP) is 8.47. The molecule has 46 heavy (non-hydrogen) atoms. The minimum atomic E-state index is -1.32. The zero-order valence-electron chi connectivity index (χ0n) is 29.0. The number of carboxylic acid groups (broad SMARTS) is 1. The topological polar surface area (TPSA) is 116 Å². The van der Waals surface area contributed by atoms with Gasteiger partial charge in [-0.3, -0.25) is 9.59 Å². The SMILES string of the molecule is C=C(O/C=C(\C)CC(C)(C)C(=O)O)C(C)(C(=O)CC)C(/C(C)=C/CC)=C(\N)N=C(C)c1cn(CC2CCCCO2)c2ccccc12. The van der Waals surface area contributed by atoms with Gasteiger partial charge in [0.25, 0.3) is 0 Å². The number of aliphatic imine (C=N–C) groups is 1. The number of hydrogen-bond donors (Lipinski definition) is 2. The van der Waals surface area contributed by atoms with Gasteiger partial charge in [0.1, 0.15) is 17.0 Å². The number of hydrogen-bond acceptors (Lipinski definition) is 6. The molecule has 2 atom stereocenters. The summed E-state index contributed by atoms with van der Waals surface area (Å²) < 4.78 is 14.3. The van der Waals surface area contributed by atoms with E-state index in [0.717, 1.165) is 60.2 Å². The molecule has 0 saturated carbocycles. The van der Waals surface area contributed by atoms with Gasteiger partial charge in [0.05, 0.1) is 17.8 Å². The molecule has 3 rings (SSSR count). The molecular formula is C38H53N3O5. The van der Waals surface area contributed by atoms with Gasteiger partial charge in [-0.15, -0.1) is 0 Å². The molecule has 0 spiro atoms. The summed E-state index contributed by atoms with van der Waals surface area (Å²) in [6, 6.07) is 8.25. The number of aliphatic carboxylic acids is 1. The molecule has 8 nitrogen and oxygen atoms in total. The van der Waals surface area contributed by atoms with Gasteiger partial charge in [-0.25, -0.2) is 4.99 Å². The van der Waals surface area contributed by atoms with Crippen LogP contribution in [0, 0.1) is 10.8 Å². The Labute approximate surface area is 274 Å². The number of fused-ring (bicyclic) bond motifs is 1. The summed E-state index contributed by atoms with van der Waals surface area (Å²) in [4.78, 5) is 30.4. The second-order valence-electron chi connectivity index (χ2n) is 13.2. The van der Waals surface area contributed by atoms with Crippen LogP contribution in [0.3, 0.4) is 0 Å². The van der Waals surface area contributed by atoms with E-state index < -0.39 is 16.8 Å². The molecule has 0 amide bonds. The number of ether oxygens (including phenoxy) is 2. The van der Waals surface area contributed by atoms with Crippen LogP contribution in [0.4, 0.5) is 0 Å². The highest BCUT2D eigenvalue weighted by molar-refractivity contribution is 6.10. The Hall–Kier alpha value is -3.91. The number of aromatic nitrogens is 1. The molecule has 1 aliphatic rings. The zero-order chi connectivity index (χ0) is 34.2. The minimum Gasteiger partial charge on any atom is -0.481 e. The maximum absolute atomic E-state index is 13.8. The normalized spacial score (nSPS) is 18.6. The van der Waals surface area contributed by atoms with E-state index in [1.165, 1.54) is 12.7 Å². The van der Waals surface area contributed by atoms with E-state index in [4.69, 9.17) is 20.2 Å². The average molecular weight is 632 g/mol. The number of ketones is 1. The molecule has 1 aromatic carbocycles. The lowest BCUT2D eigenvalue weighted by atomic mass is 9.72. The van der Waals surface area contributed by atoms with Gasteiger partial charge in [-0.2, -0.15) is 0 Å². The molecule has 1 aliphatic heterocycles. The molecule has 2 aromatic rings. The molecule has 1 fully saturated rings. The van der Waals surface area contributed by atoms with Crippen molar-refractivity contribution < 1.29 is 24.2 Å². The second-order valence-corrected chi connectivity index (χ2v) is 13.2. The van der Waals surface area contributed by atoms with Crippen molar-refractivity contribution in [2.75, 3.05) is 6.61 Å². The monoisotopic (exact) mass is 631 g/mol. The van der Waals surface area contributed by atoms with Crippen LogP contribution in [-0.2, 0) is 25.6 Å². The van der Waals surface area contributed by atoms with E-state index in [2.05, 4.69) is 29.5 Å². The fourth-order valence-electron chi connectivity index (χ4n) is 6.31. The van der Waals surface area contributed by atoms with Gasteiger partial charge in [0, 0.05) is 53.5 Å². The first-order valence-corrected chi connectivity index (χ1v) is 16.4. The Balaban J connectivity index is 2.11. The van der Waals surface area contributed by atoms with Gasteiger partial charge >= 0.3 is 5.97 Å². The Morgan fingerprint density at radius 1 is 1.17 bits per heavy atom. The summed E-state index contributed by atoms with van der Waals surface area (Å²) in [5.74, 6) is -0.602. The van der Waals surface area contributed by atoms with Crippen molar-refractivity contribution in [3.63, 3.8) is 0 Å². The number of rotatable bonds is 15. The minimum absolute atomic E-state index is 0.117. The summed E-state index contributed by atoms with van der Waals surface area (Å²) in [7, 11) is 0. The van der Waals surface area contributed by atoms with E-state index in [9.17, 15) is 14.7 Å². The zero-order valence-corrected chi connectivity index (χ0v) is 29.0. The van der Waals surface area contributed by atoms with Crippen LogP contribution in [0.15, 0.2) is 82.7 Å². The van der Waals surface area contributed by atoms with Crippen LogP contribution in [0.5, 0.6) is 0 Å². The summed E-state index contributed by atoms with van der Waals surface area (Å²) >= 11 is 0. The van der Waals surface area contributed by atoms with Crippen molar-refractivity contribution in [1.29, 1.82) is 0 Å². The van der Waals surface area contributed by atoms with Crippen molar-refractivity contribution in [1.82, 2.24) is 4.57 Å². The number of nitrogens with zero attached hydrogens (tertiary/aromatic N) is 2. The quantitative estimate of drug-likeness (QED) is 0.116. The fourth-order valence-corrected chi connectivity index (χ4v) is 6.31. The van der Waals surface area contributed by atoms with Crippen molar-refractivity contribution in [2.24, 2.45) is 21.6 Å². The number of benzene rings is 1. The fraction of sp³-hybridized carbons (Fsp3) is 0.500. The Morgan fingerprint density at radius 2 is 1.87 bits per heavy atom. The predicted molar refractivity (Wildman–Crippen MR) is 186 cm³/mol. The first-order chi connectivity index (χ1) is 21.7. The van der Waals surface area contributed by atoms with Crippen LogP contribution in [-0.4, -0.2) is 39.8 Å². The molecular weight excluding hydrogens is 578 g/mol. The molecule has 250 valence electrons. The lowest BCUT2D eigenvalue weighted by Gasteiger charge is -2.33. The first kappa shape index (κ1) is 36.6. The second kappa shape index (κ2) is 15.6. The molecule has 0 radical (unpaired) electrons. The Morgan fingerprint density at radius 3 is 2.48 bits per heavy atom. The smallest absolute Gasteiger partial charge is 0.309 e. The van der Waals surface area contributed by atoms with Crippen molar-refractivity contribution in [3.05, 3.63) is 83.2 Å². The lowest BCUT2D eigenvalue weighted by Crippen LogP contribution is -2.34. The molecule has 0 aliphatic carbocycles. The van der Waals surface area contributed by atoms with Crippen molar-refractivity contribution in [2.45, 2.75) is 107 Å². The van der Waals surface area contributed by atoms with E-state index >= 15 is 0 Å². The maximum Gasteiger partial charge on any atom is 0.309 e. The van der Waals surface area contributed by atoms with Crippen LogP contribution in [0.1, 0.15) is 99.5 Å². The first-order valence-electron chi connectivity index (χ1n) is 16.4. The Bertz CT molecular complexity index is 1570. The summed E-state index contributed by atoms with van der Waals surface area (Å²) in [6.45, 7) is 20.4. The van der Waals surface area contributed by atoms with Gasteiger partial charge in [-0.05, 0) is 90.9 Å². The van der Waals surface area contributed by atoms with Gasteiger partial charge < -0.3 is 24.9 Å². The molecule has 2 heterocycles. The summed E-state index contributed by atoms with van der Waals surface area (Å²) in [6.07, 6.45) is 10.4. The molecule has 1 aromatic heterocycles. The number of allylic oxidation sites excluding steroid dienone is 4. The molecule has 2 unspecified atom stereocenters. The van der Waals surface area contributed by atoms with Crippen LogP contribution in [0.2, 0.25) is 0 Å². The van der Waals surface area contributed by atoms with E-state index in [1.54, 1.807) is 34.6 Å². The van der Waals surface area contributed by atoms with Crippen molar-refractivity contribution >= 4 is 28.4 Å².